The molecule has 2 N–H and O–H groups in total. The number of nitrogens with one attached hydrogen (secondary N) is 1. The van der Waals surface area contributed by atoms with Gasteiger partial charge in [-0.25, -0.2) is 9.78 Å². The molecule has 0 atom stereocenters. The highest BCUT2D eigenvalue weighted by atomic mass is 16.5. The maximum atomic E-state index is 11.7. The van der Waals surface area contributed by atoms with Gasteiger partial charge >= 0.3 is 5.97 Å². The molecule has 0 aliphatic heterocycles. The molecule has 7 heteroatoms. The van der Waals surface area contributed by atoms with Crippen LogP contribution >= 0.6 is 0 Å². The van der Waals surface area contributed by atoms with E-state index in [1.54, 1.807) is 7.11 Å². The van der Waals surface area contributed by atoms with Gasteiger partial charge in [-0.1, -0.05) is 6.07 Å². The van der Waals surface area contributed by atoms with E-state index in [2.05, 4.69) is 10.3 Å². The second-order valence-electron chi connectivity index (χ2n) is 3.57. The summed E-state index contributed by atoms with van der Waals surface area (Å²) in [5, 5.41) is 11.3. The highest BCUT2D eigenvalue weighted by Gasteiger charge is 2.10. The molecule has 1 aromatic rings. The van der Waals surface area contributed by atoms with E-state index < -0.39 is 11.9 Å². The third kappa shape index (κ3) is 5.45. The van der Waals surface area contributed by atoms with E-state index >= 15 is 0 Å². The smallest absolute Gasteiger partial charge is 0.354 e. The number of ether oxygens (including phenoxy) is 2. The van der Waals surface area contributed by atoms with Gasteiger partial charge in [0.1, 0.15) is 11.4 Å². The Kier molecular flexibility index (Phi) is 6.48. The fraction of sp³-hybridized carbons (Fsp3) is 0.417. The van der Waals surface area contributed by atoms with E-state index in [9.17, 15) is 9.59 Å². The van der Waals surface area contributed by atoms with Crippen molar-refractivity contribution in [2.45, 2.75) is 0 Å². The largest absolute Gasteiger partial charge is 0.477 e. The van der Waals surface area contributed by atoms with Crippen molar-refractivity contribution in [2.24, 2.45) is 0 Å². The number of nitrogens with zero attached hydrogens (tertiary/aromatic N) is 1. The zero-order chi connectivity index (χ0) is 14.1. The van der Waals surface area contributed by atoms with Crippen LogP contribution in [0.1, 0.15) is 21.0 Å². The SMILES string of the molecule is COCCOCCNC(=O)c1cccc(C(=O)O)n1. The summed E-state index contributed by atoms with van der Waals surface area (Å²) in [7, 11) is 1.58. The van der Waals surface area contributed by atoms with Crippen LogP contribution < -0.4 is 5.32 Å². The van der Waals surface area contributed by atoms with Crippen molar-refractivity contribution < 1.29 is 24.2 Å². The number of hydrogen-bond donors (Lipinski definition) is 2. The third-order valence-electron chi connectivity index (χ3n) is 2.16. The van der Waals surface area contributed by atoms with E-state index in [4.69, 9.17) is 14.6 Å². The minimum Gasteiger partial charge on any atom is -0.477 e. The molecular weight excluding hydrogens is 252 g/mol. The number of carbonyl (C=O) groups excluding carboxylic acids is 1. The van der Waals surface area contributed by atoms with Crippen molar-refractivity contribution in [3.63, 3.8) is 0 Å². The van der Waals surface area contributed by atoms with Crippen molar-refractivity contribution >= 4 is 11.9 Å². The number of methoxy groups -OCH3 is 1. The molecule has 104 valence electrons. The second kappa shape index (κ2) is 8.17. The Morgan fingerprint density at radius 3 is 2.68 bits per heavy atom. The lowest BCUT2D eigenvalue weighted by Crippen LogP contribution is -2.28. The average molecular weight is 268 g/mol. The Morgan fingerprint density at radius 1 is 1.26 bits per heavy atom. The van der Waals surface area contributed by atoms with Gasteiger partial charge < -0.3 is 19.9 Å². The molecule has 0 fully saturated rings. The van der Waals surface area contributed by atoms with Crippen LogP contribution in [0.2, 0.25) is 0 Å². The average Bonchev–Trinajstić information content (AvgIpc) is 2.42. The number of aromatic nitrogens is 1. The predicted octanol–water partition coefficient (Wildman–Crippen LogP) is 0.173. The predicted molar refractivity (Wildman–Crippen MR) is 66.2 cm³/mol. The van der Waals surface area contributed by atoms with Crippen LogP contribution in [0, 0.1) is 0 Å². The maximum Gasteiger partial charge on any atom is 0.354 e. The molecule has 0 aliphatic rings. The lowest BCUT2D eigenvalue weighted by molar-refractivity contribution is 0.0687. The van der Waals surface area contributed by atoms with E-state index in [1.807, 2.05) is 0 Å². The number of hydrogen-bond acceptors (Lipinski definition) is 5. The summed E-state index contributed by atoms with van der Waals surface area (Å²) in [4.78, 5) is 26.1. The van der Waals surface area contributed by atoms with Gasteiger partial charge in [0.2, 0.25) is 0 Å². The van der Waals surface area contributed by atoms with Gasteiger partial charge in [0.05, 0.1) is 19.8 Å². The number of rotatable bonds is 8. The molecule has 1 heterocycles. The molecule has 0 spiro atoms. The van der Waals surface area contributed by atoms with Gasteiger partial charge in [-0.2, -0.15) is 0 Å². The van der Waals surface area contributed by atoms with E-state index in [1.165, 1.54) is 18.2 Å². The molecule has 0 unspecified atom stereocenters. The Bertz CT molecular complexity index is 436. The Balaban J connectivity index is 2.37. The van der Waals surface area contributed by atoms with E-state index in [0.717, 1.165) is 0 Å². The standard InChI is InChI=1S/C12H16N2O5/c1-18-7-8-19-6-5-13-11(15)9-3-2-4-10(14-9)12(16)17/h2-4H,5-8H2,1H3,(H,13,15)(H,16,17). The highest BCUT2D eigenvalue weighted by molar-refractivity contribution is 5.94. The Hall–Kier alpha value is -1.99. The summed E-state index contributed by atoms with van der Waals surface area (Å²) >= 11 is 0. The summed E-state index contributed by atoms with van der Waals surface area (Å²) in [5.74, 6) is -1.60. The monoisotopic (exact) mass is 268 g/mol. The van der Waals surface area contributed by atoms with Gasteiger partial charge in [-0.15, -0.1) is 0 Å². The number of carboxylic acids is 1. The zero-order valence-electron chi connectivity index (χ0n) is 10.6. The topological polar surface area (TPSA) is 97.8 Å². The minimum atomic E-state index is -1.17. The highest BCUT2D eigenvalue weighted by Crippen LogP contribution is 1.99. The molecule has 0 aromatic carbocycles. The van der Waals surface area contributed by atoms with Crippen LogP contribution in [0.3, 0.4) is 0 Å². The summed E-state index contributed by atoms with van der Waals surface area (Å²) < 4.78 is 9.96. The van der Waals surface area contributed by atoms with Crippen LogP contribution in [-0.4, -0.2) is 55.4 Å². The summed E-state index contributed by atoms with van der Waals surface area (Å²) in [5.41, 5.74) is -0.0965. The summed E-state index contributed by atoms with van der Waals surface area (Å²) in [6.07, 6.45) is 0. The molecule has 7 nitrogen and oxygen atoms in total. The molecule has 0 saturated heterocycles. The lowest BCUT2D eigenvalue weighted by atomic mass is 10.3. The van der Waals surface area contributed by atoms with Crippen LogP contribution in [-0.2, 0) is 9.47 Å². The number of pyridine rings is 1. The van der Waals surface area contributed by atoms with E-state index in [0.29, 0.717) is 26.4 Å². The van der Waals surface area contributed by atoms with Gasteiger partial charge in [-0.3, -0.25) is 4.79 Å². The van der Waals surface area contributed by atoms with Crippen LogP contribution in [0.15, 0.2) is 18.2 Å². The molecule has 0 saturated carbocycles. The van der Waals surface area contributed by atoms with Gasteiger partial charge in [0.25, 0.3) is 5.91 Å². The number of carboxylic acid groups (broad SMARTS) is 1. The van der Waals surface area contributed by atoms with Crippen molar-refractivity contribution in [2.75, 3.05) is 33.5 Å². The zero-order valence-corrected chi connectivity index (χ0v) is 10.6. The molecular formula is C12H16N2O5. The number of aromatic carboxylic acids is 1. The Labute approximate surface area is 110 Å². The fourth-order valence-electron chi connectivity index (χ4n) is 1.25. The van der Waals surface area contributed by atoms with Crippen molar-refractivity contribution in [3.8, 4) is 0 Å². The summed E-state index contributed by atoms with van der Waals surface area (Å²) in [6.45, 7) is 1.63. The molecule has 19 heavy (non-hydrogen) atoms. The quantitative estimate of drug-likeness (QED) is 0.652. The van der Waals surface area contributed by atoms with Crippen LogP contribution in [0.25, 0.3) is 0 Å². The van der Waals surface area contributed by atoms with Gasteiger partial charge in [0, 0.05) is 13.7 Å². The number of carbonyl (C=O) groups is 2. The Morgan fingerprint density at radius 2 is 2.00 bits per heavy atom. The molecule has 0 radical (unpaired) electrons. The van der Waals surface area contributed by atoms with Gasteiger partial charge in [-0.05, 0) is 12.1 Å². The molecule has 1 aromatic heterocycles. The maximum absolute atomic E-state index is 11.7. The van der Waals surface area contributed by atoms with Crippen molar-refractivity contribution in [1.29, 1.82) is 0 Å². The van der Waals surface area contributed by atoms with E-state index in [-0.39, 0.29) is 11.4 Å². The van der Waals surface area contributed by atoms with Crippen LogP contribution in [0.4, 0.5) is 0 Å². The first-order valence-electron chi connectivity index (χ1n) is 5.70. The fourth-order valence-corrected chi connectivity index (χ4v) is 1.25. The van der Waals surface area contributed by atoms with Crippen molar-refractivity contribution in [3.05, 3.63) is 29.6 Å². The third-order valence-corrected chi connectivity index (χ3v) is 2.16. The van der Waals surface area contributed by atoms with Crippen molar-refractivity contribution in [1.82, 2.24) is 10.3 Å². The normalized spacial score (nSPS) is 10.2. The molecule has 0 bridgehead atoms. The number of amides is 1. The van der Waals surface area contributed by atoms with Gasteiger partial charge in [0.15, 0.2) is 0 Å². The molecule has 1 rings (SSSR count). The minimum absolute atomic E-state index is 0.0665. The van der Waals surface area contributed by atoms with Crippen LogP contribution in [0.5, 0.6) is 0 Å². The lowest BCUT2D eigenvalue weighted by Gasteiger charge is -2.06. The summed E-state index contributed by atoms with van der Waals surface area (Å²) in [6, 6.07) is 4.25. The first-order valence-corrected chi connectivity index (χ1v) is 5.70. The first kappa shape index (κ1) is 15.1. The first-order chi connectivity index (χ1) is 9.15. The second-order valence-corrected chi connectivity index (χ2v) is 3.57. The molecule has 0 aliphatic carbocycles. The molecule has 1 amide bonds.